The fraction of sp³-hybridized carbons (Fsp3) is 0. The summed E-state index contributed by atoms with van der Waals surface area (Å²) in [5, 5.41) is 0. The van der Waals surface area contributed by atoms with E-state index in [1.165, 1.54) is 18.3 Å². The molecule has 1 rings (SSSR count). The molecule has 0 spiro atoms. The highest BCUT2D eigenvalue weighted by atomic mass is 16.1. The molecule has 4 heteroatoms. The topological polar surface area (TPSA) is 73.1 Å². The van der Waals surface area contributed by atoms with Crippen LogP contribution in [0, 0.1) is 0 Å². The Morgan fingerprint density at radius 3 is 2.64 bits per heavy atom. The van der Waals surface area contributed by atoms with Crippen molar-refractivity contribution in [3.8, 4) is 0 Å². The van der Waals surface area contributed by atoms with Gasteiger partial charge in [0.15, 0.2) is 0 Å². The summed E-state index contributed by atoms with van der Waals surface area (Å²) in [6, 6.07) is 2.81. The Labute approximate surface area is 63.0 Å². The van der Waals surface area contributed by atoms with Crippen LogP contribution < -0.4 is 5.73 Å². The molecule has 1 aromatic rings. The summed E-state index contributed by atoms with van der Waals surface area (Å²) in [7, 11) is 0. The first-order valence-electron chi connectivity index (χ1n) is 2.88. The SMILES string of the molecule is NC(=O)c1ccc([C]=O)cn1. The van der Waals surface area contributed by atoms with Gasteiger partial charge in [-0.3, -0.25) is 14.6 Å². The summed E-state index contributed by atoms with van der Waals surface area (Å²) in [4.78, 5) is 24.1. The monoisotopic (exact) mass is 149 g/mol. The van der Waals surface area contributed by atoms with Crippen molar-refractivity contribution in [3.63, 3.8) is 0 Å². The number of amides is 1. The highest BCUT2D eigenvalue weighted by Crippen LogP contribution is 1.95. The molecule has 2 N–H and O–H groups in total. The minimum absolute atomic E-state index is 0.143. The summed E-state index contributed by atoms with van der Waals surface area (Å²) < 4.78 is 0. The third-order valence-electron chi connectivity index (χ3n) is 1.13. The van der Waals surface area contributed by atoms with Gasteiger partial charge in [0.05, 0.1) is 0 Å². The normalized spacial score (nSPS) is 9.09. The second kappa shape index (κ2) is 2.92. The fourth-order valence-electron chi connectivity index (χ4n) is 0.600. The molecular weight excluding hydrogens is 144 g/mol. The molecule has 0 fully saturated rings. The van der Waals surface area contributed by atoms with Crippen molar-refractivity contribution < 1.29 is 9.59 Å². The van der Waals surface area contributed by atoms with E-state index in [4.69, 9.17) is 5.73 Å². The van der Waals surface area contributed by atoms with Gasteiger partial charge in [0.1, 0.15) is 5.69 Å². The third kappa shape index (κ3) is 1.61. The van der Waals surface area contributed by atoms with Crippen LogP contribution in [0.2, 0.25) is 0 Å². The molecule has 0 unspecified atom stereocenters. The van der Waals surface area contributed by atoms with Crippen LogP contribution in [-0.4, -0.2) is 17.2 Å². The Balaban J connectivity index is 3.00. The van der Waals surface area contributed by atoms with Crippen LogP contribution in [0.4, 0.5) is 0 Å². The molecule has 0 aliphatic rings. The first-order valence-corrected chi connectivity index (χ1v) is 2.88. The lowest BCUT2D eigenvalue weighted by Crippen LogP contribution is -2.12. The van der Waals surface area contributed by atoms with E-state index < -0.39 is 5.91 Å². The minimum Gasteiger partial charge on any atom is -0.364 e. The maximum absolute atomic E-state index is 10.5. The van der Waals surface area contributed by atoms with E-state index >= 15 is 0 Å². The number of carbonyl (C=O) groups is 1. The predicted octanol–water partition coefficient (Wildman–Crippen LogP) is -0.362. The molecule has 55 valence electrons. The van der Waals surface area contributed by atoms with Gasteiger partial charge >= 0.3 is 0 Å². The average Bonchev–Trinajstić information content (AvgIpc) is 2.05. The molecule has 0 aromatic carbocycles. The zero-order valence-corrected chi connectivity index (χ0v) is 5.57. The van der Waals surface area contributed by atoms with Crippen molar-refractivity contribution in [3.05, 3.63) is 29.6 Å². The van der Waals surface area contributed by atoms with E-state index in [9.17, 15) is 9.59 Å². The molecule has 0 aliphatic heterocycles. The van der Waals surface area contributed by atoms with E-state index in [1.54, 1.807) is 6.29 Å². The molecule has 0 atom stereocenters. The number of nitrogens with two attached hydrogens (primary N) is 1. The third-order valence-corrected chi connectivity index (χ3v) is 1.13. The summed E-state index contributed by atoms with van der Waals surface area (Å²) in [6.45, 7) is 0. The lowest BCUT2D eigenvalue weighted by molar-refractivity contribution is 0.0995. The van der Waals surface area contributed by atoms with Gasteiger partial charge < -0.3 is 5.73 Å². The lowest BCUT2D eigenvalue weighted by Gasteiger charge is -1.91. The molecule has 11 heavy (non-hydrogen) atoms. The number of rotatable bonds is 2. The van der Waals surface area contributed by atoms with Crippen molar-refractivity contribution in [2.45, 2.75) is 0 Å². The maximum Gasteiger partial charge on any atom is 0.267 e. The first kappa shape index (κ1) is 7.40. The maximum atomic E-state index is 10.5. The van der Waals surface area contributed by atoms with Gasteiger partial charge in [-0.05, 0) is 12.1 Å². The van der Waals surface area contributed by atoms with E-state index in [1.807, 2.05) is 0 Å². The average molecular weight is 149 g/mol. The molecule has 1 amide bonds. The van der Waals surface area contributed by atoms with Gasteiger partial charge in [-0.2, -0.15) is 0 Å². The molecule has 0 saturated carbocycles. The quantitative estimate of drug-likeness (QED) is 0.623. The number of primary amides is 1. The van der Waals surface area contributed by atoms with Crippen LogP contribution in [0.15, 0.2) is 18.3 Å². The van der Waals surface area contributed by atoms with Crippen LogP contribution in [-0.2, 0) is 4.79 Å². The van der Waals surface area contributed by atoms with E-state index in [0.29, 0.717) is 5.56 Å². The van der Waals surface area contributed by atoms with Gasteiger partial charge in [0.25, 0.3) is 5.91 Å². The Kier molecular flexibility index (Phi) is 1.96. The second-order valence-corrected chi connectivity index (χ2v) is 1.90. The Hall–Kier alpha value is -1.71. The minimum atomic E-state index is -0.609. The van der Waals surface area contributed by atoms with Gasteiger partial charge in [-0.15, -0.1) is 0 Å². The lowest BCUT2D eigenvalue weighted by atomic mass is 10.2. The van der Waals surface area contributed by atoms with Crippen molar-refractivity contribution in [2.75, 3.05) is 0 Å². The summed E-state index contributed by atoms with van der Waals surface area (Å²) in [5.41, 5.74) is 5.35. The van der Waals surface area contributed by atoms with Crippen molar-refractivity contribution in [1.82, 2.24) is 4.98 Å². The number of hydrogen-bond acceptors (Lipinski definition) is 3. The number of pyridine rings is 1. The van der Waals surface area contributed by atoms with Gasteiger partial charge in [0.2, 0.25) is 6.29 Å². The van der Waals surface area contributed by atoms with Gasteiger partial charge in [-0.1, -0.05) is 0 Å². The smallest absolute Gasteiger partial charge is 0.267 e. The Morgan fingerprint density at radius 1 is 1.55 bits per heavy atom. The predicted molar refractivity (Wildman–Crippen MR) is 37.6 cm³/mol. The standard InChI is InChI=1S/C7H5N2O2/c8-7(11)6-2-1-5(4-10)3-9-6/h1-3H,(H2,8,11). The van der Waals surface area contributed by atoms with Gasteiger partial charge in [-0.25, -0.2) is 0 Å². The molecule has 1 heterocycles. The van der Waals surface area contributed by atoms with Crippen LogP contribution in [0.5, 0.6) is 0 Å². The highest BCUT2D eigenvalue weighted by molar-refractivity contribution is 5.91. The van der Waals surface area contributed by atoms with Crippen LogP contribution in [0.25, 0.3) is 0 Å². The molecule has 0 aliphatic carbocycles. The summed E-state index contributed by atoms with van der Waals surface area (Å²) in [5.74, 6) is -0.609. The fourth-order valence-corrected chi connectivity index (χ4v) is 0.600. The van der Waals surface area contributed by atoms with Crippen LogP contribution >= 0.6 is 0 Å². The van der Waals surface area contributed by atoms with Crippen molar-refractivity contribution >= 4 is 12.2 Å². The van der Waals surface area contributed by atoms with Crippen molar-refractivity contribution in [1.29, 1.82) is 0 Å². The molecule has 1 radical (unpaired) electrons. The first-order chi connectivity index (χ1) is 5.24. The Morgan fingerprint density at radius 2 is 2.27 bits per heavy atom. The molecule has 0 bridgehead atoms. The van der Waals surface area contributed by atoms with E-state index in [2.05, 4.69) is 4.98 Å². The largest absolute Gasteiger partial charge is 0.364 e. The number of aromatic nitrogens is 1. The highest BCUT2D eigenvalue weighted by Gasteiger charge is 1.99. The van der Waals surface area contributed by atoms with Crippen LogP contribution in [0.1, 0.15) is 16.1 Å². The number of hydrogen-bond donors (Lipinski definition) is 1. The number of nitrogens with zero attached hydrogens (tertiary/aromatic N) is 1. The molecule has 0 saturated heterocycles. The summed E-state index contributed by atoms with van der Waals surface area (Å²) >= 11 is 0. The van der Waals surface area contributed by atoms with E-state index in [0.717, 1.165) is 0 Å². The molecular formula is C7H5N2O2. The number of carbonyl (C=O) groups excluding carboxylic acids is 2. The Bertz CT molecular complexity index is 279. The molecule has 1 aromatic heterocycles. The van der Waals surface area contributed by atoms with Crippen molar-refractivity contribution in [2.24, 2.45) is 5.73 Å². The van der Waals surface area contributed by atoms with Crippen LogP contribution in [0.3, 0.4) is 0 Å². The van der Waals surface area contributed by atoms with E-state index in [-0.39, 0.29) is 5.69 Å². The molecule has 4 nitrogen and oxygen atoms in total. The van der Waals surface area contributed by atoms with Gasteiger partial charge in [0, 0.05) is 11.8 Å². The summed E-state index contributed by atoms with van der Waals surface area (Å²) in [6.07, 6.45) is 2.87. The zero-order valence-electron chi connectivity index (χ0n) is 5.57. The zero-order chi connectivity index (χ0) is 8.27. The second-order valence-electron chi connectivity index (χ2n) is 1.90.